The van der Waals surface area contributed by atoms with Gasteiger partial charge in [0.1, 0.15) is 11.6 Å². The summed E-state index contributed by atoms with van der Waals surface area (Å²) in [6.07, 6.45) is 9.75. The van der Waals surface area contributed by atoms with Gasteiger partial charge in [0.05, 0.1) is 11.9 Å². The first-order valence-corrected chi connectivity index (χ1v) is 10.3. The maximum absolute atomic E-state index is 12.5. The number of carbonyl (C=O) groups is 1. The van der Waals surface area contributed by atoms with Gasteiger partial charge in [0.15, 0.2) is 5.13 Å². The van der Waals surface area contributed by atoms with Crippen LogP contribution < -0.4 is 5.32 Å². The molecule has 0 radical (unpaired) electrons. The second-order valence-corrected chi connectivity index (χ2v) is 8.41. The molecule has 3 aromatic heterocycles. The number of aryl methyl sites for hydroxylation is 3. The van der Waals surface area contributed by atoms with E-state index in [4.69, 9.17) is 0 Å². The van der Waals surface area contributed by atoms with Gasteiger partial charge < -0.3 is 10.2 Å². The van der Waals surface area contributed by atoms with E-state index in [1.165, 1.54) is 0 Å². The highest BCUT2D eigenvalue weighted by Gasteiger charge is 2.27. The maximum atomic E-state index is 12.5. The molecule has 0 bridgehead atoms. The Labute approximate surface area is 173 Å². The van der Waals surface area contributed by atoms with Crippen molar-refractivity contribution in [2.75, 3.05) is 18.4 Å². The molecule has 0 spiro atoms. The summed E-state index contributed by atoms with van der Waals surface area (Å²) in [5.74, 6) is 1.66. The first kappa shape index (κ1) is 19.3. The molecule has 1 aliphatic rings. The van der Waals surface area contributed by atoms with E-state index in [9.17, 15) is 4.79 Å². The fraction of sp³-hybridized carbons (Fsp3) is 0.350. The molecule has 29 heavy (non-hydrogen) atoms. The van der Waals surface area contributed by atoms with Crippen molar-refractivity contribution in [3.63, 3.8) is 0 Å². The number of aromatic nitrogens is 5. The summed E-state index contributed by atoms with van der Waals surface area (Å²) in [6, 6.07) is 1.97. The zero-order chi connectivity index (χ0) is 20.4. The third-order valence-electron chi connectivity index (χ3n) is 4.78. The number of anilines is 2. The lowest BCUT2D eigenvalue weighted by molar-refractivity contribution is -0.124. The number of nitrogens with zero attached hydrogens (tertiary/aromatic N) is 6. The summed E-state index contributed by atoms with van der Waals surface area (Å²) in [6.45, 7) is 5.28. The number of hydrogen-bond donors (Lipinski definition) is 1. The average molecular weight is 410 g/mol. The molecule has 4 heterocycles. The summed E-state index contributed by atoms with van der Waals surface area (Å²) in [4.78, 5) is 29.0. The lowest BCUT2D eigenvalue weighted by atomic mass is 10.0. The zero-order valence-electron chi connectivity index (χ0n) is 16.7. The number of hydrogen-bond acceptors (Lipinski definition) is 7. The number of rotatable bonds is 5. The molecule has 1 amide bonds. The third-order valence-corrected chi connectivity index (χ3v) is 5.60. The lowest BCUT2D eigenvalue weighted by Gasteiger charge is -2.15. The predicted molar refractivity (Wildman–Crippen MR) is 113 cm³/mol. The first-order chi connectivity index (χ1) is 14.0. The van der Waals surface area contributed by atoms with Crippen molar-refractivity contribution in [1.82, 2.24) is 29.6 Å². The van der Waals surface area contributed by atoms with Gasteiger partial charge in [-0.2, -0.15) is 5.10 Å². The molecular weight excluding hydrogens is 386 g/mol. The molecule has 1 fully saturated rings. The van der Waals surface area contributed by atoms with E-state index >= 15 is 0 Å². The quantitative estimate of drug-likeness (QED) is 0.652. The molecule has 1 saturated heterocycles. The second-order valence-electron chi connectivity index (χ2n) is 7.18. The van der Waals surface area contributed by atoms with E-state index in [0.717, 1.165) is 40.0 Å². The number of nitrogens with one attached hydrogen (secondary N) is 1. The molecule has 150 valence electrons. The molecule has 8 nitrogen and oxygen atoms in total. The molecule has 4 rings (SSSR count). The van der Waals surface area contributed by atoms with Crippen molar-refractivity contribution in [3.05, 3.63) is 52.7 Å². The fourth-order valence-corrected chi connectivity index (χ4v) is 4.06. The van der Waals surface area contributed by atoms with Crippen molar-refractivity contribution >= 4 is 34.3 Å². The van der Waals surface area contributed by atoms with E-state index in [0.29, 0.717) is 12.4 Å². The van der Waals surface area contributed by atoms with Gasteiger partial charge in [0, 0.05) is 61.0 Å². The Balaban J connectivity index is 1.43. The molecule has 3 aromatic rings. The van der Waals surface area contributed by atoms with E-state index < -0.39 is 0 Å². The Morgan fingerprint density at radius 2 is 2.17 bits per heavy atom. The van der Waals surface area contributed by atoms with Crippen LogP contribution in [0.5, 0.6) is 0 Å². The molecular formula is C20H23N7OS. The van der Waals surface area contributed by atoms with Crippen LogP contribution in [0, 0.1) is 13.8 Å². The molecule has 0 saturated carbocycles. The minimum atomic E-state index is 0.0127. The maximum Gasteiger partial charge on any atom is 0.246 e. The fourth-order valence-electron chi connectivity index (χ4n) is 3.39. The Morgan fingerprint density at radius 3 is 2.90 bits per heavy atom. The van der Waals surface area contributed by atoms with Crippen molar-refractivity contribution < 1.29 is 4.79 Å². The van der Waals surface area contributed by atoms with Crippen LogP contribution in [0.3, 0.4) is 0 Å². The van der Waals surface area contributed by atoms with E-state index in [2.05, 4.69) is 25.4 Å². The lowest BCUT2D eigenvalue weighted by Crippen LogP contribution is -2.26. The van der Waals surface area contributed by atoms with Crippen LogP contribution in [0.25, 0.3) is 6.08 Å². The number of thiazole rings is 1. The largest absolute Gasteiger partial charge is 0.338 e. The molecule has 9 heteroatoms. The molecule has 1 N–H and O–H groups in total. The smallest absolute Gasteiger partial charge is 0.246 e. The van der Waals surface area contributed by atoms with Crippen LogP contribution in [0.2, 0.25) is 0 Å². The van der Waals surface area contributed by atoms with Crippen LogP contribution in [0.4, 0.5) is 10.9 Å². The number of amides is 1. The summed E-state index contributed by atoms with van der Waals surface area (Å²) < 4.78 is 1.71. The van der Waals surface area contributed by atoms with Crippen LogP contribution in [-0.2, 0) is 11.8 Å². The predicted octanol–water partition coefficient (Wildman–Crippen LogP) is 3.06. The topological polar surface area (TPSA) is 88.8 Å². The van der Waals surface area contributed by atoms with Gasteiger partial charge in [-0.15, -0.1) is 11.3 Å². The van der Waals surface area contributed by atoms with Crippen LogP contribution in [0.15, 0.2) is 30.7 Å². The number of likely N-dealkylation sites (tertiary alicyclic amines) is 1. The standard InChI is InChI=1S/C20H23N7OS/c1-13-9-21-20(29-13)25-18-8-17(23-14(2)24-18)16-6-7-27(12-16)19(28)5-4-15-10-22-26(3)11-15/h4-5,8-11,16H,6-7,12H2,1-3H3,(H,21,23,24,25). The van der Waals surface area contributed by atoms with Gasteiger partial charge in [-0.05, 0) is 26.3 Å². The summed E-state index contributed by atoms with van der Waals surface area (Å²) in [5, 5.41) is 8.18. The van der Waals surface area contributed by atoms with Gasteiger partial charge in [0.2, 0.25) is 5.91 Å². The third kappa shape index (κ3) is 4.68. The minimum Gasteiger partial charge on any atom is -0.338 e. The minimum absolute atomic E-state index is 0.0127. The van der Waals surface area contributed by atoms with Gasteiger partial charge >= 0.3 is 0 Å². The van der Waals surface area contributed by atoms with E-state index in [1.54, 1.807) is 34.4 Å². The van der Waals surface area contributed by atoms with Gasteiger partial charge in [-0.3, -0.25) is 9.48 Å². The average Bonchev–Trinajstić information content (AvgIpc) is 3.41. The van der Waals surface area contributed by atoms with E-state index in [-0.39, 0.29) is 11.8 Å². The Morgan fingerprint density at radius 1 is 1.31 bits per heavy atom. The highest BCUT2D eigenvalue weighted by Crippen LogP contribution is 2.29. The van der Waals surface area contributed by atoms with Crippen molar-refractivity contribution in [1.29, 1.82) is 0 Å². The van der Waals surface area contributed by atoms with Gasteiger partial charge in [-0.25, -0.2) is 15.0 Å². The van der Waals surface area contributed by atoms with Crippen LogP contribution >= 0.6 is 11.3 Å². The highest BCUT2D eigenvalue weighted by molar-refractivity contribution is 7.15. The first-order valence-electron chi connectivity index (χ1n) is 9.47. The molecule has 0 aliphatic carbocycles. The van der Waals surface area contributed by atoms with Crippen molar-refractivity contribution in [2.45, 2.75) is 26.2 Å². The Hall–Kier alpha value is -3.07. The van der Waals surface area contributed by atoms with Crippen molar-refractivity contribution in [2.24, 2.45) is 7.05 Å². The zero-order valence-corrected chi connectivity index (χ0v) is 17.5. The molecule has 0 aromatic carbocycles. The Kier molecular flexibility index (Phi) is 5.39. The van der Waals surface area contributed by atoms with Gasteiger partial charge in [-0.1, -0.05) is 0 Å². The molecule has 1 unspecified atom stereocenters. The van der Waals surface area contributed by atoms with Crippen LogP contribution in [-0.4, -0.2) is 48.6 Å². The Bertz CT molecular complexity index is 1050. The summed E-state index contributed by atoms with van der Waals surface area (Å²) in [7, 11) is 1.85. The summed E-state index contributed by atoms with van der Waals surface area (Å²) in [5.41, 5.74) is 1.87. The summed E-state index contributed by atoms with van der Waals surface area (Å²) >= 11 is 1.59. The van der Waals surface area contributed by atoms with Gasteiger partial charge in [0.25, 0.3) is 0 Å². The van der Waals surface area contributed by atoms with Crippen LogP contribution in [0.1, 0.15) is 34.3 Å². The molecule has 1 aliphatic heterocycles. The second kappa shape index (κ2) is 8.12. The van der Waals surface area contributed by atoms with E-state index in [1.807, 2.05) is 44.3 Å². The highest BCUT2D eigenvalue weighted by atomic mass is 32.1. The molecule has 1 atom stereocenters. The van der Waals surface area contributed by atoms with Crippen molar-refractivity contribution in [3.8, 4) is 0 Å². The normalized spacial score (nSPS) is 16.7. The monoisotopic (exact) mass is 409 g/mol. The number of carbonyl (C=O) groups excluding carboxylic acids is 1. The SMILES string of the molecule is Cc1nc(Nc2ncc(C)s2)cc(C2CCN(C(=O)C=Cc3cnn(C)c3)C2)n1.